The normalized spacial score (nSPS) is 9.56. The van der Waals surface area contributed by atoms with Crippen molar-refractivity contribution >= 4 is 0 Å². The van der Waals surface area contributed by atoms with Crippen LogP contribution in [0.5, 0.6) is 5.75 Å². The van der Waals surface area contributed by atoms with Gasteiger partial charge in [0.25, 0.3) is 0 Å². The highest BCUT2D eigenvalue weighted by Gasteiger charge is 1.90. The molecule has 0 radical (unpaired) electrons. The predicted molar refractivity (Wildman–Crippen MR) is 25.8 cm³/mol. The van der Waals surface area contributed by atoms with E-state index in [0.717, 1.165) is 12.1 Å². The molecule has 0 fully saturated rings. The molecule has 0 aliphatic heterocycles. The van der Waals surface area contributed by atoms with Crippen LogP contribution in [0.4, 0.5) is 8.78 Å². The minimum atomic E-state index is -0.833. The summed E-state index contributed by atoms with van der Waals surface area (Å²) in [5.41, 5.74) is 0. The fourth-order valence-electron chi connectivity index (χ4n) is 0.529. The second-order valence-corrected chi connectivity index (χ2v) is 1.61. The quantitative estimate of drug-likeness (QED) is 0.513. The summed E-state index contributed by atoms with van der Waals surface area (Å²) in [6.45, 7) is 0. The molecule has 0 spiro atoms. The van der Waals surface area contributed by atoms with E-state index in [0.29, 0.717) is 6.07 Å². The van der Waals surface area contributed by atoms with Gasteiger partial charge in [0.15, 0.2) is 0 Å². The van der Waals surface area contributed by atoms with Gasteiger partial charge in [0.2, 0.25) is 0 Å². The largest absolute Gasteiger partial charge is 0.872 e. The molecular formula is C6H3F2O-. The van der Waals surface area contributed by atoms with E-state index in [4.69, 9.17) is 0 Å². The molecule has 0 aliphatic rings. The lowest BCUT2D eigenvalue weighted by atomic mass is 10.3. The molecule has 0 atom stereocenters. The summed E-state index contributed by atoms with van der Waals surface area (Å²) in [5.74, 6) is -2.31. The Kier molecular flexibility index (Phi) is 1.34. The summed E-state index contributed by atoms with van der Waals surface area (Å²) in [4.78, 5) is 0. The van der Waals surface area contributed by atoms with Crippen LogP contribution in [0.2, 0.25) is 0 Å². The van der Waals surface area contributed by atoms with Gasteiger partial charge >= 0.3 is 0 Å². The minimum absolute atomic E-state index is 0.646. The van der Waals surface area contributed by atoms with E-state index in [-0.39, 0.29) is 0 Å². The smallest absolute Gasteiger partial charge is 0.125 e. The van der Waals surface area contributed by atoms with Crippen LogP contribution in [0.25, 0.3) is 0 Å². The fraction of sp³-hybridized carbons (Fsp3) is 0. The van der Waals surface area contributed by atoms with Crippen molar-refractivity contribution in [2.45, 2.75) is 0 Å². The van der Waals surface area contributed by atoms with Crippen LogP contribution >= 0.6 is 0 Å². The number of rotatable bonds is 0. The van der Waals surface area contributed by atoms with Gasteiger partial charge in [-0.2, -0.15) is 0 Å². The lowest BCUT2D eigenvalue weighted by Crippen LogP contribution is -1.91. The Hall–Kier alpha value is -1.12. The zero-order chi connectivity index (χ0) is 6.85. The van der Waals surface area contributed by atoms with Gasteiger partial charge in [-0.3, -0.25) is 0 Å². The van der Waals surface area contributed by atoms with Crippen LogP contribution < -0.4 is 5.11 Å². The number of halogens is 2. The van der Waals surface area contributed by atoms with E-state index in [1.165, 1.54) is 0 Å². The molecule has 48 valence electrons. The zero-order valence-corrected chi connectivity index (χ0v) is 4.40. The molecule has 1 aromatic carbocycles. The van der Waals surface area contributed by atoms with Crippen molar-refractivity contribution in [3.8, 4) is 5.75 Å². The van der Waals surface area contributed by atoms with Crippen molar-refractivity contribution in [3.05, 3.63) is 29.8 Å². The molecule has 1 aromatic rings. The average molecular weight is 129 g/mol. The standard InChI is InChI=1S/C6H4F2O/c7-4-1-5(8)3-6(9)2-4/h1-3,9H/p-1. The van der Waals surface area contributed by atoms with Gasteiger partial charge in [-0.1, -0.05) is 0 Å². The highest BCUT2D eigenvalue weighted by molar-refractivity contribution is 5.20. The molecule has 0 amide bonds. The van der Waals surface area contributed by atoms with Gasteiger partial charge in [-0.15, -0.1) is 5.75 Å². The highest BCUT2D eigenvalue weighted by atomic mass is 19.1. The molecule has 0 saturated heterocycles. The van der Waals surface area contributed by atoms with Gasteiger partial charge in [-0.25, -0.2) is 8.78 Å². The van der Waals surface area contributed by atoms with Crippen LogP contribution in [0.3, 0.4) is 0 Å². The molecule has 0 unspecified atom stereocenters. The summed E-state index contributed by atoms with van der Waals surface area (Å²) in [7, 11) is 0. The van der Waals surface area contributed by atoms with Crippen LogP contribution in [0.1, 0.15) is 0 Å². The third-order valence-electron chi connectivity index (χ3n) is 0.836. The Balaban J connectivity index is 3.17. The van der Waals surface area contributed by atoms with Gasteiger partial charge < -0.3 is 5.11 Å². The van der Waals surface area contributed by atoms with Crippen molar-refractivity contribution in [2.75, 3.05) is 0 Å². The molecule has 1 rings (SSSR count). The third-order valence-corrected chi connectivity index (χ3v) is 0.836. The molecule has 0 N–H and O–H groups in total. The summed E-state index contributed by atoms with van der Waals surface area (Å²) < 4.78 is 24.0. The van der Waals surface area contributed by atoms with Gasteiger partial charge in [-0.05, 0) is 12.1 Å². The van der Waals surface area contributed by atoms with E-state index in [1.54, 1.807) is 0 Å². The molecule has 0 aromatic heterocycles. The lowest BCUT2D eigenvalue weighted by molar-refractivity contribution is -0.268. The van der Waals surface area contributed by atoms with Crippen molar-refractivity contribution in [1.82, 2.24) is 0 Å². The second-order valence-electron chi connectivity index (χ2n) is 1.61. The SMILES string of the molecule is [O-]c1cc(F)cc(F)c1. The lowest BCUT2D eigenvalue weighted by Gasteiger charge is -2.02. The fourth-order valence-corrected chi connectivity index (χ4v) is 0.529. The average Bonchev–Trinajstić information content (AvgIpc) is 1.59. The van der Waals surface area contributed by atoms with Crippen molar-refractivity contribution in [3.63, 3.8) is 0 Å². The Morgan fingerprint density at radius 2 is 1.44 bits per heavy atom. The monoisotopic (exact) mass is 129 g/mol. The molecule has 0 aliphatic carbocycles. The van der Waals surface area contributed by atoms with Crippen LogP contribution in [-0.4, -0.2) is 0 Å². The maximum Gasteiger partial charge on any atom is 0.125 e. The van der Waals surface area contributed by atoms with E-state index in [1.807, 2.05) is 0 Å². The second kappa shape index (κ2) is 2.01. The topological polar surface area (TPSA) is 23.1 Å². The first-order valence-corrected chi connectivity index (χ1v) is 2.31. The van der Waals surface area contributed by atoms with Crippen molar-refractivity contribution in [1.29, 1.82) is 0 Å². The summed E-state index contributed by atoms with van der Waals surface area (Å²) in [6, 6.07) is 2.10. The van der Waals surface area contributed by atoms with Crippen LogP contribution in [-0.2, 0) is 0 Å². The van der Waals surface area contributed by atoms with Gasteiger partial charge in [0.1, 0.15) is 11.6 Å². The number of hydrogen-bond donors (Lipinski definition) is 0. The summed E-state index contributed by atoms with van der Waals surface area (Å²) in [5, 5.41) is 10.2. The summed E-state index contributed by atoms with van der Waals surface area (Å²) in [6.07, 6.45) is 0. The van der Waals surface area contributed by atoms with E-state index in [2.05, 4.69) is 0 Å². The number of benzene rings is 1. The molecule has 0 saturated carbocycles. The van der Waals surface area contributed by atoms with E-state index < -0.39 is 17.4 Å². The first kappa shape index (κ1) is 6.01. The van der Waals surface area contributed by atoms with Crippen LogP contribution in [0.15, 0.2) is 18.2 Å². The predicted octanol–water partition coefficient (Wildman–Crippen LogP) is 1.04. The first-order chi connectivity index (χ1) is 4.18. The zero-order valence-electron chi connectivity index (χ0n) is 4.40. The molecular weight excluding hydrogens is 126 g/mol. The Bertz CT molecular complexity index is 172. The third kappa shape index (κ3) is 1.38. The van der Waals surface area contributed by atoms with Gasteiger partial charge in [0.05, 0.1) is 0 Å². The highest BCUT2D eigenvalue weighted by Crippen LogP contribution is 2.09. The van der Waals surface area contributed by atoms with Crippen molar-refractivity contribution < 1.29 is 13.9 Å². The molecule has 9 heavy (non-hydrogen) atoms. The van der Waals surface area contributed by atoms with E-state index >= 15 is 0 Å². The maximum atomic E-state index is 12.0. The molecule has 0 heterocycles. The van der Waals surface area contributed by atoms with Crippen LogP contribution in [0, 0.1) is 11.6 Å². The van der Waals surface area contributed by atoms with Gasteiger partial charge in [0, 0.05) is 6.07 Å². The Morgan fingerprint density at radius 1 is 1.00 bits per heavy atom. The van der Waals surface area contributed by atoms with Crippen molar-refractivity contribution in [2.24, 2.45) is 0 Å². The maximum absolute atomic E-state index is 12.0. The number of hydrogen-bond acceptors (Lipinski definition) is 1. The minimum Gasteiger partial charge on any atom is -0.872 e. The molecule has 0 bridgehead atoms. The Labute approximate surface area is 50.6 Å². The van der Waals surface area contributed by atoms with E-state index in [9.17, 15) is 13.9 Å². The summed E-state index contributed by atoms with van der Waals surface area (Å²) >= 11 is 0. The first-order valence-electron chi connectivity index (χ1n) is 2.31. The molecule has 1 nitrogen and oxygen atoms in total. The Morgan fingerprint density at radius 3 is 1.78 bits per heavy atom. The molecule has 3 heteroatoms.